The van der Waals surface area contributed by atoms with Crippen molar-refractivity contribution in [1.82, 2.24) is 20.3 Å². The Morgan fingerprint density at radius 2 is 1.79 bits per heavy atom. The summed E-state index contributed by atoms with van der Waals surface area (Å²) < 4.78 is 7.07. The first kappa shape index (κ1) is 17.7. The van der Waals surface area contributed by atoms with Crippen molar-refractivity contribution < 1.29 is 9.53 Å². The highest BCUT2D eigenvalue weighted by Crippen LogP contribution is 2.24. The summed E-state index contributed by atoms with van der Waals surface area (Å²) in [7, 11) is 0. The minimum absolute atomic E-state index is 0.322. The fraction of sp³-hybridized carbons (Fsp3) is 0.136. The van der Waals surface area contributed by atoms with Gasteiger partial charge in [0, 0.05) is 12.6 Å². The van der Waals surface area contributed by atoms with Gasteiger partial charge in [0.05, 0.1) is 5.52 Å². The summed E-state index contributed by atoms with van der Waals surface area (Å²) in [6.45, 7) is 4.55. The van der Waals surface area contributed by atoms with Crippen molar-refractivity contribution >= 4 is 17.1 Å². The van der Waals surface area contributed by atoms with Crippen LogP contribution in [0.2, 0.25) is 0 Å². The zero-order chi connectivity index (χ0) is 19.5. The van der Waals surface area contributed by atoms with Gasteiger partial charge < -0.3 is 10.1 Å². The van der Waals surface area contributed by atoms with E-state index in [9.17, 15) is 4.79 Å². The van der Waals surface area contributed by atoms with Gasteiger partial charge in [0.1, 0.15) is 17.0 Å². The predicted molar refractivity (Wildman–Crippen MR) is 108 cm³/mol. The highest BCUT2D eigenvalue weighted by molar-refractivity contribution is 5.88. The number of carbonyl (C=O) groups excluding carboxylic acids is 1. The number of aromatic nitrogens is 3. The second-order valence-corrected chi connectivity index (χ2v) is 6.64. The first-order valence-corrected chi connectivity index (χ1v) is 9.03. The molecular formula is C22H20N4O2. The molecule has 1 amide bonds. The normalized spacial score (nSPS) is 10.8. The molecule has 0 saturated carbocycles. The van der Waals surface area contributed by atoms with Gasteiger partial charge in [-0.25, -0.2) is 4.79 Å². The van der Waals surface area contributed by atoms with Gasteiger partial charge in [-0.1, -0.05) is 41.6 Å². The average molecular weight is 372 g/mol. The van der Waals surface area contributed by atoms with Gasteiger partial charge in [-0.15, -0.1) is 5.10 Å². The standard InChI is InChI=1S/C22H20N4O2/c1-15-8-9-17(12-16(15)2)14-23-22(27)26-21-11-10-19(13-20(21)24-25-26)28-18-6-4-3-5-7-18/h3-13H,14H2,1-2H3,(H,23,27). The molecule has 0 radical (unpaired) electrons. The quantitative estimate of drug-likeness (QED) is 0.568. The monoisotopic (exact) mass is 372 g/mol. The van der Waals surface area contributed by atoms with Gasteiger partial charge in [-0.3, -0.25) is 0 Å². The van der Waals surface area contributed by atoms with Crippen molar-refractivity contribution in [3.63, 3.8) is 0 Å². The van der Waals surface area contributed by atoms with Gasteiger partial charge in [0.25, 0.3) is 0 Å². The van der Waals surface area contributed by atoms with E-state index < -0.39 is 0 Å². The Balaban J connectivity index is 1.49. The number of benzene rings is 3. The number of amides is 1. The van der Waals surface area contributed by atoms with E-state index in [0.717, 1.165) is 11.3 Å². The lowest BCUT2D eigenvalue weighted by Crippen LogP contribution is -2.28. The van der Waals surface area contributed by atoms with Crippen LogP contribution in [0.25, 0.3) is 11.0 Å². The summed E-state index contributed by atoms with van der Waals surface area (Å²) in [5, 5.41) is 11.0. The molecule has 0 aliphatic rings. The molecule has 0 aliphatic heterocycles. The molecule has 6 nitrogen and oxygen atoms in total. The van der Waals surface area contributed by atoms with Crippen LogP contribution in [0.4, 0.5) is 4.79 Å². The van der Waals surface area contributed by atoms with Crippen LogP contribution in [0.3, 0.4) is 0 Å². The molecule has 1 aromatic heterocycles. The summed E-state index contributed by atoms with van der Waals surface area (Å²) >= 11 is 0. The zero-order valence-electron chi connectivity index (χ0n) is 15.7. The first-order chi connectivity index (χ1) is 13.6. The molecule has 0 atom stereocenters. The maximum atomic E-state index is 12.5. The molecular weight excluding hydrogens is 352 g/mol. The Kier molecular flexibility index (Phi) is 4.76. The van der Waals surface area contributed by atoms with E-state index in [1.165, 1.54) is 15.8 Å². The van der Waals surface area contributed by atoms with Crippen LogP contribution in [0, 0.1) is 13.8 Å². The van der Waals surface area contributed by atoms with Crippen LogP contribution in [-0.4, -0.2) is 21.0 Å². The molecule has 4 rings (SSSR count). The number of carbonyl (C=O) groups is 1. The van der Waals surface area contributed by atoms with Gasteiger partial charge in [0.2, 0.25) is 0 Å². The summed E-state index contributed by atoms with van der Waals surface area (Å²) in [5.74, 6) is 1.38. The Morgan fingerprint density at radius 1 is 0.964 bits per heavy atom. The number of hydrogen-bond donors (Lipinski definition) is 1. The van der Waals surface area contributed by atoms with Crippen LogP contribution in [0.1, 0.15) is 16.7 Å². The Labute approximate surface area is 162 Å². The van der Waals surface area contributed by atoms with Crippen LogP contribution in [0.5, 0.6) is 11.5 Å². The van der Waals surface area contributed by atoms with Crippen molar-refractivity contribution in [1.29, 1.82) is 0 Å². The van der Waals surface area contributed by atoms with E-state index in [-0.39, 0.29) is 6.03 Å². The third-order valence-electron chi connectivity index (χ3n) is 4.60. The number of fused-ring (bicyclic) bond motifs is 1. The van der Waals surface area contributed by atoms with Crippen molar-refractivity contribution in [3.05, 3.63) is 83.4 Å². The Hall–Kier alpha value is -3.67. The van der Waals surface area contributed by atoms with E-state index in [1.54, 1.807) is 18.2 Å². The third kappa shape index (κ3) is 3.71. The lowest BCUT2D eigenvalue weighted by molar-refractivity contribution is 0.239. The van der Waals surface area contributed by atoms with Crippen LogP contribution in [-0.2, 0) is 6.54 Å². The topological polar surface area (TPSA) is 69.0 Å². The Bertz CT molecular complexity index is 1140. The van der Waals surface area contributed by atoms with Crippen molar-refractivity contribution in [2.75, 3.05) is 0 Å². The number of nitrogens with one attached hydrogen (secondary N) is 1. The predicted octanol–water partition coefficient (Wildman–Crippen LogP) is 4.60. The highest BCUT2D eigenvalue weighted by Gasteiger charge is 2.13. The number of nitrogens with zero attached hydrogens (tertiary/aromatic N) is 3. The maximum absolute atomic E-state index is 12.5. The molecule has 0 aliphatic carbocycles. The summed E-state index contributed by atoms with van der Waals surface area (Å²) in [4.78, 5) is 12.5. The third-order valence-corrected chi connectivity index (χ3v) is 4.60. The van der Waals surface area contributed by atoms with Gasteiger partial charge in [-0.05, 0) is 54.8 Å². The number of para-hydroxylation sites is 1. The average Bonchev–Trinajstić information content (AvgIpc) is 3.13. The highest BCUT2D eigenvalue weighted by atomic mass is 16.5. The van der Waals surface area contributed by atoms with E-state index in [4.69, 9.17) is 4.74 Å². The molecule has 0 saturated heterocycles. The zero-order valence-corrected chi connectivity index (χ0v) is 15.7. The molecule has 0 bridgehead atoms. The van der Waals surface area contributed by atoms with Crippen LogP contribution < -0.4 is 10.1 Å². The second kappa shape index (κ2) is 7.52. The fourth-order valence-electron chi connectivity index (χ4n) is 2.91. The molecule has 6 heteroatoms. The summed E-state index contributed by atoms with van der Waals surface area (Å²) in [6, 6.07) is 20.7. The summed E-state index contributed by atoms with van der Waals surface area (Å²) in [6.07, 6.45) is 0. The molecule has 0 unspecified atom stereocenters. The minimum atomic E-state index is -0.322. The molecule has 1 N–H and O–H groups in total. The number of ether oxygens (including phenoxy) is 1. The molecule has 0 fully saturated rings. The number of hydrogen-bond acceptors (Lipinski definition) is 4. The van der Waals surface area contributed by atoms with E-state index in [2.05, 4.69) is 41.6 Å². The van der Waals surface area contributed by atoms with Crippen molar-refractivity contribution in [2.24, 2.45) is 0 Å². The van der Waals surface area contributed by atoms with Gasteiger partial charge in [-0.2, -0.15) is 4.68 Å². The second-order valence-electron chi connectivity index (χ2n) is 6.64. The fourth-order valence-corrected chi connectivity index (χ4v) is 2.91. The smallest absolute Gasteiger partial charge is 0.344 e. The van der Waals surface area contributed by atoms with E-state index in [1.807, 2.05) is 36.4 Å². The molecule has 1 heterocycles. The van der Waals surface area contributed by atoms with Crippen molar-refractivity contribution in [2.45, 2.75) is 20.4 Å². The molecule has 3 aromatic carbocycles. The van der Waals surface area contributed by atoms with Crippen molar-refractivity contribution in [3.8, 4) is 11.5 Å². The van der Waals surface area contributed by atoms with Gasteiger partial charge >= 0.3 is 6.03 Å². The molecule has 4 aromatic rings. The van der Waals surface area contributed by atoms with E-state index >= 15 is 0 Å². The molecule has 0 spiro atoms. The molecule has 140 valence electrons. The SMILES string of the molecule is Cc1ccc(CNC(=O)n2nnc3cc(Oc4ccccc4)ccc32)cc1C. The molecule has 28 heavy (non-hydrogen) atoms. The Morgan fingerprint density at radius 3 is 2.57 bits per heavy atom. The first-order valence-electron chi connectivity index (χ1n) is 9.03. The van der Waals surface area contributed by atoms with E-state index in [0.29, 0.717) is 23.3 Å². The number of aryl methyl sites for hydroxylation is 2. The summed E-state index contributed by atoms with van der Waals surface area (Å²) in [5.41, 5.74) is 4.68. The van der Waals surface area contributed by atoms with Crippen LogP contribution in [0.15, 0.2) is 66.7 Å². The van der Waals surface area contributed by atoms with Crippen LogP contribution >= 0.6 is 0 Å². The lowest BCUT2D eigenvalue weighted by Gasteiger charge is -2.08. The maximum Gasteiger partial charge on any atom is 0.344 e. The van der Waals surface area contributed by atoms with Gasteiger partial charge in [0.15, 0.2) is 0 Å². The minimum Gasteiger partial charge on any atom is -0.457 e. The largest absolute Gasteiger partial charge is 0.457 e. The number of rotatable bonds is 4. The lowest BCUT2D eigenvalue weighted by atomic mass is 10.1.